The number of nitrogens with zero attached hydrogens (tertiary/aromatic N) is 4. The number of benzene rings is 1. The Labute approximate surface area is 163 Å². The van der Waals surface area contributed by atoms with Crippen LogP contribution in [0.25, 0.3) is 0 Å². The SMILES string of the molecule is COc1ccc(OC)c(S(=O)(=O)N2CCN(c3cc(Cl)nc(C)n3)CC2)c1. The van der Waals surface area contributed by atoms with Crippen LogP contribution in [-0.4, -0.2) is 63.1 Å². The molecule has 3 rings (SSSR count). The van der Waals surface area contributed by atoms with E-state index in [1.807, 2.05) is 4.90 Å². The molecule has 2 aromatic rings. The third-order valence-electron chi connectivity index (χ3n) is 4.34. The minimum absolute atomic E-state index is 0.0960. The normalized spacial score (nSPS) is 15.6. The van der Waals surface area contributed by atoms with Crippen molar-refractivity contribution in [2.75, 3.05) is 45.3 Å². The van der Waals surface area contributed by atoms with Crippen molar-refractivity contribution in [3.63, 3.8) is 0 Å². The molecular weight excluding hydrogens is 392 g/mol. The smallest absolute Gasteiger partial charge is 0.247 e. The van der Waals surface area contributed by atoms with Crippen LogP contribution < -0.4 is 14.4 Å². The highest BCUT2D eigenvalue weighted by Crippen LogP contribution is 2.31. The van der Waals surface area contributed by atoms with Crippen LogP contribution in [-0.2, 0) is 10.0 Å². The standard InChI is InChI=1S/C17H21ClN4O4S/c1-12-19-16(18)11-17(20-12)21-6-8-22(9-7-21)27(23,24)15-10-13(25-2)4-5-14(15)26-3/h4-5,10-11H,6-9H2,1-3H3. The summed E-state index contributed by atoms with van der Waals surface area (Å²) in [6.07, 6.45) is 0. The number of ether oxygens (including phenoxy) is 2. The Kier molecular flexibility index (Phi) is 5.73. The molecule has 1 aromatic heterocycles. The average molecular weight is 413 g/mol. The Morgan fingerprint density at radius 1 is 1.04 bits per heavy atom. The predicted molar refractivity (Wildman–Crippen MR) is 102 cm³/mol. The van der Waals surface area contributed by atoms with Gasteiger partial charge in [-0.2, -0.15) is 4.31 Å². The van der Waals surface area contributed by atoms with Crippen molar-refractivity contribution < 1.29 is 17.9 Å². The molecule has 0 atom stereocenters. The minimum atomic E-state index is -3.72. The molecule has 8 nitrogen and oxygen atoms in total. The monoisotopic (exact) mass is 412 g/mol. The van der Waals surface area contributed by atoms with E-state index in [0.717, 1.165) is 0 Å². The van der Waals surface area contributed by atoms with Gasteiger partial charge in [0.05, 0.1) is 14.2 Å². The van der Waals surface area contributed by atoms with Gasteiger partial charge in [0.25, 0.3) is 0 Å². The van der Waals surface area contributed by atoms with Gasteiger partial charge in [-0.3, -0.25) is 0 Å². The first-order valence-corrected chi connectivity index (χ1v) is 10.2. The third kappa shape index (κ3) is 4.10. The number of piperazine rings is 1. The molecule has 0 saturated carbocycles. The summed E-state index contributed by atoms with van der Waals surface area (Å²) in [5.74, 6) is 2.02. The first-order valence-electron chi connectivity index (χ1n) is 8.33. The zero-order valence-corrected chi connectivity index (χ0v) is 16.9. The summed E-state index contributed by atoms with van der Waals surface area (Å²) in [4.78, 5) is 10.5. The first kappa shape index (κ1) is 19.7. The highest BCUT2D eigenvalue weighted by molar-refractivity contribution is 7.89. The molecule has 1 aliphatic heterocycles. The van der Waals surface area contributed by atoms with Crippen molar-refractivity contribution in [3.05, 3.63) is 35.2 Å². The van der Waals surface area contributed by atoms with Gasteiger partial charge in [-0.1, -0.05) is 11.6 Å². The van der Waals surface area contributed by atoms with Crippen molar-refractivity contribution in [2.45, 2.75) is 11.8 Å². The molecular formula is C17H21ClN4O4S. The summed E-state index contributed by atoms with van der Waals surface area (Å²) < 4.78 is 38.1. The maximum Gasteiger partial charge on any atom is 0.247 e. The van der Waals surface area contributed by atoms with E-state index in [1.165, 1.54) is 24.6 Å². The summed E-state index contributed by atoms with van der Waals surface area (Å²) in [5, 5.41) is 0.369. The molecule has 0 N–H and O–H groups in total. The lowest BCUT2D eigenvalue weighted by Gasteiger charge is -2.35. The van der Waals surface area contributed by atoms with Gasteiger partial charge in [0.1, 0.15) is 33.2 Å². The number of methoxy groups -OCH3 is 2. The van der Waals surface area contributed by atoms with E-state index in [1.54, 1.807) is 25.1 Å². The van der Waals surface area contributed by atoms with E-state index in [-0.39, 0.29) is 10.6 Å². The van der Waals surface area contributed by atoms with Crippen molar-refractivity contribution in [1.82, 2.24) is 14.3 Å². The second kappa shape index (κ2) is 7.87. The fourth-order valence-corrected chi connectivity index (χ4v) is 4.77. The lowest BCUT2D eigenvalue weighted by atomic mass is 10.3. The number of aromatic nitrogens is 2. The number of hydrogen-bond acceptors (Lipinski definition) is 7. The molecule has 1 aromatic carbocycles. The first-order chi connectivity index (χ1) is 12.8. The summed E-state index contributed by atoms with van der Waals surface area (Å²) >= 11 is 6.00. The Balaban J connectivity index is 1.81. The Morgan fingerprint density at radius 2 is 1.74 bits per heavy atom. The van der Waals surface area contributed by atoms with E-state index in [2.05, 4.69) is 9.97 Å². The van der Waals surface area contributed by atoms with Crippen LogP contribution in [0.4, 0.5) is 5.82 Å². The summed E-state index contributed by atoms with van der Waals surface area (Å²) in [6, 6.07) is 6.42. The molecule has 1 saturated heterocycles. The number of halogens is 1. The van der Waals surface area contributed by atoms with Crippen LogP contribution in [0.1, 0.15) is 5.82 Å². The number of anilines is 1. The molecule has 0 radical (unpaired) electrons. The van der Waals surface area contributed by atoms with Crippen molar-refractivity contribution >= 4 is 27.4 Å². The highest BCUT2D eigenvalue weighted by atomic mass is 35.5. The van der Waals surface area contributed by atoms with Gasteiger partial charge in [-0.15, -0.1) is 0 Å². The summed E-state index contributed by atoms with van der Waals surface area (Å²) in [7, 11) is -0.780. The number of rotatable bonds is 5. The zero-order valence-electron chi connectivity index (χ0n) is 15.3. The fourth-order valence-electron chi connectivity index (χ4n) is 2.96. The second-order valence-electron chi connectivity index (χ2n) is 6.00. The van der Waals surface area contributed by atoms with Crippen molar-refractivity contribution in [2.24, 2.45) is 0 Å². The van der Waals surface area contributed by atoms with Gasteiger partial charge >= 0.3 is 0 Å². The van der Waals surface area contributed by atoms with E-state index in [0.29, 0.717) is 48.7 Å². The van der Waals surface area contributed by atoms with E-state index >= 15 is 0 Å². The van der Waals surface area contributed by atoms with Gasteiger partial charge in [-0.25, -0.2) is 18.4 Å². The van der Waals surface area contributed by atoms with Crippen LogP contribution in [0.2, 0.25) is 5.15 Å². The van der Waals surface area contributed by atoms with Crippen LogP contribution in [0.3, 0.4) is 0 Å². The molecule has 1 fully saturated rings. The Hall–Kier alpha value is -2.10. The van der Waals surface area contributed by atoms with E-state index < -0.39 is 10.0 Å². The lowest BCUT2D eigenvalue weighted by molar-refractivity contribution is 0.370. The molecule has 1 aliphatic rings. The Morgan fingerprint density at radius 3 is 2.33 bits per heavy atom. The summed E-state index contributed by atoms with van der Waals surface area (Å²) in [5.41, 5.74) is 0. The van der Waals surface area contributed by atoms with Gasteiger partial charge in [0, 0.05) is 38.3 Å². The van der Waals surface area contributed by atoms with Crippen molar-refractivity contribution in [1.29, 1.82) is 0 Å². The van der Waals surface area contributed by atoms with Crippen LogP contribution >= 0.6 is 11.6 Å². The number of aryl methyl sites for hydroxylation is 1. The van der Waals surface area contributed by atoms with Crippen LogP contribution in [0, 0.1) is 6.92 Å². The van der Waals surface area contributed by atoms with Crippen molar-refractivity contribution in [3.8, 4) is 11.5 Å². The van der Waals surface area contributed by atoms with Gasteiger partial charge in [0.15, 0.2) is 0 Å². The summed E-state index contributed by atoms with van der Waals surface area (Å²) in [6.45, 7) is 3.41. The largest absolute Gasteiger partial charge is 0.497 e. The average Bonchev–Trinajstić information content (AvgIpc) is 2.66. The molecule has 0 amide bonds. The lowest BCUT2D eigenvalue weighted by Crippen LogP contribution is -2.49. The molecule has 0 spiro atoms. The molecule has 146 valence electrons. The maximum absolute atomic E-state index is 13.1. The molecule has 2 heterocycles. The zero-order chi connectivity index (χ0) is 19.6. The third-order valence-corrected chi connectivity index (χ3v) is 6.46. The fraction of sp³-hybridized carbons (Fsp3) is 0.412. The van der Waals surface area contributed by atoms with Gasteiger partial charge in [0.2, 0.25) is 10.0 Å². The topological polar surface area (TPSA) is 84.9 Å². The number of hydrogen-bond donors (Lipinski definition) is 0. The van der Waals surface area contributed by atoms with Crippen LogP contribution in [0.15, 0.2) is 29.2 Å². The minimum Gasteiger partial charge on any atom is -0.497 e. The van der Waals surface area contributed by atoms with Gasteiger partial charge in [-0.05, 0) is 19.1 Å². The van der Waals surface area contributed by atoms with E-state index in [4.69, 9.17) is 21.1 Å². The van der Waals surface area contributed by atoms with Gasteiger partial charge < -0.3 is 14.4 Å². The molecule has 27 heavy (non-hydrogen) atoms. The predicted octanol–water partition coefficient (Wildman–Crippen LogP) is 1.97. The molecule has 0 unspecified atom stereocenters. The molecule has 0 aliphatic carbocycles. The highest BCUT2D eigenvalue weighted by Gasteiger charge is 2.31. The van der Waals surface area contributed by atoms with E-state index in [9.17, 15) is 8.42 Å². The quantitative estimate of drug-likeness (QED) is 0.694. The molecule has 10 heteroatoms. The number of sulfonamides is 1. The van der Waals surface area contributed by atoms with Crippen LogP contribution in [0.5, 0.6) is 11.5 Å². The second-order valence-corrected chi connectivity index (χ2v) is 8.30. The maximum atomic E-state index is 13.1. The Bertz CT molecular complexity index is 910. The molecule has 0 bridgehead atoms.